The van der Waals surface area contributed by atoms with E-state index in [2.05, 4.69) is 20.2 Å². The molecule has 1 N–H and O–H groups in total. The molecule has 1 aliphatic rings. The summed E-state index contributed by atoms with van der Waals surface area (Å²) in [6.07, 6.45) is 2.60. The highest BCUT2D eigenvalue weighted by Gasteiger charge is 2.21. The number of nitrogens with zero attached hydrogens (tertiary/aromatic N) is 3. The maximum atomic E-state index is 5.43. The number of hydrogen-bond donors (Lipinski definition) is 1. The summed E-state index contributed by atoms with van der Waals surface area (Å²) < 4.78 is 5.43. The highest BCUT2D eigenvalue weighted by molar-refractivity contribution is 5.49. The first kappa shape index (κ1) is 12.1. The first-order chi connectivity index (χ1) is 8.22. The minimum Gasteiger partial charge on any atom is -0.380 e. The summed E-state index contributed by atoms with van der Waals surface area (Å²) in [6.45, 7) is 3.87. The molecule has 0 aromatic carbocycles. The van der Waals surface area contributed by atoms with E-state index >= 15 is 0 Å². The smallest absolute Gasteiger partial charge is 0.134 e. The van der Waals surface area contributed by atoms with Gasteiger partial charge in [-0.05, 0) is 19.8 Å². The molecule has 1 aromatic rings. The van der Waals surface area contributed by atoms with Crippen LogP contribution in [-0.2, 0) is 4.74 Å². The van der Waals surface area contributed by atoms with Gasteiger partial charge < -0.3 is 15.0 Å². The van der Waals surface area contributed by atoms with Gasteiger partial charge in [0.05, 0.1) is 6.10 Å². The van der Waals surface area contributed by atoms with E-state index in [1.165, 1.54) is 0 Å². The van der Waals surface area contributed by atoms with Gasteiger partial charge >= 0.3 is 0 Å². The molecule has 5 heteroatoms. The lowest BCUT2D eigenvalue weighted by atomic mass is 10.1. The minimum atomic E-state index is 0.317. The average Bonchev–Trinajstić information content (AvgIpc) is 2.38. The first-order valence-corrected chi connectivity index (χ1v) is 6.04. The molecule has 5 nitrogen and oxygen atoms in total. The van der Waals surface area contributed by atoms with Gasteiger partial charge in [-0.1, -0.05) is 0 Å². The van der Waals surface area contributed by atoms with Crippen LogP contribution in [0, 0.1) is 6.92 Å². The molecule has 1 fully saturated rings. The highest BCUT2D eigenvalue weighted by Crippen LogP contribution is 2.21. The third-order valence-electron chi connectivity index (χ3n) is 3.12. The van der Waals surface area contributed by atoms with Crippen molar-refractivity contribution in [2.45, 2.75) is 25.9 Å². The van der Waals surface area contributed by atoms with Gasteiger partial charge in [-0.3, -0.25) is 0 Å². The third-order valence-corrected chi connectivity index (χ3v) is 3.12. The number of nitrogens with one attached hydrogen (secondary N) is 1. The Hall–Kier alpha value is -1.36. The van der Waals surface area contributed by atoms with Crippen LogP contribution in [-0.4, -0.2) is 43.3 Å². The normalized spacial score (nSPS) is 20.4. The average molecular weight is 236 g/mol. The van der Waals surface area contributed by atoms with Crippen LogP contribution < -0.4 is 10.2 Å². The molecule has 1 atom stereocenters. The Balaban J connectivity index is 2.18. The molecule has 0 saturated carbocycles. The summed E-state index contributed by atoms with van der Waals surface area (Å²) in [5, 5.41) is 3.06. The van der Waals surface area contributed by atoms with E-state index in [4.69, 9.17) is 4.74 Å². The summed E-state index contributed by atoms with van der Waals surface area (Å²) >= 11 is 0. The molecule has 1 aliphatic heterocycles. The Morgan fingerprint density at radius 3 is 3.00 bits per heavy atom. The first-order valence-electron chi connectivity index (χ1n) is 6.04. The molecule has 1 saturated heterocycles. The number of rotatable bonds is 3. The summed E-state index contributed by atoms with van der Waals surface area (Å²) in [5.41, 5.74) is 0. The highest BCUT2D eigenvalue weighted by atomic mass is 16.5. The van der Waals surface area contributed by atoms with Gasteiger partial charge in [0.15, 0.2) is 0 Å². The minimum absolute atomic E-state index is 0.317. The van der Waals surface area contributed by atoms with E-state index < -0.39 is 0 Å². The maximum absolute atomic E-state index is 5.43. The Bertz CT molecular complexity index is 383. The van der Waals surface area contributed by atoms with E-state index in [-0.39, 0.29) is 0 Å². The van der Waals surface area contributed by atoms with Gasteiger partial charge in [0.2, 0.25) is 0 Å². The van der Waals surface area contributed by atoms with Crippen molar-refractivity contribution >= 4 is 11.6 Å². The quantitative estimate of drug-likeness (QED) is 0.860. The van der Waals surface area contributed by atoms with Crippen molar-refractivity contribution in [2.75, 3.05) is 37.5 Å². The molecule has 1 unspecified atom stereocenters. The van der Waals surface area contributed by atoms with E-state index in [9.17, 15) is 0 Å². The number of methoxy groups -OCH3 is 1. The SMILES string of the molecule is CNc1cc(N2CCCC(OC)C2)nc(C)n1. The largest absolute Gasteiger partial charge is 0.380 e. The van der Waals surface area contributed by atoms with E-state index in [1.807, 2.05) is 20.0 Å². The lowest BCUT2D eigenvalue weighted by Gasteiger charge is -2.32. The summed E-state index contributed by atoms with van der Waals surface area (Å²) in [7, 11) is 3.65. The second-order valence-electron chi connectivity index (χ2n) is 4.35. The van der Waals surface area contributed by atoms with Gasteiger partial charge in [-0.2, -0.15) is 0 Å². The molecule has 17 heavy (non-hydrogen) atoms. The molecular formula is C12H20N4O. The van der Waals surface area contributed by atoms with Crippen molar-refractivity contribution in [3.8, 4) is 0 Å². The van der Waals surface area contributed by atoms with Gasteiger partial charge in [-0.15, -0.1) is 0 Å². The van der Waals surface area contributed by atoms with Crippen LogP contribution in [0.25, 0.3) is 0 Å². The van der Waals surface area contributed by atoms with Crippen molar-refractivity contribution in [1.29, 1.82) is 0 Å². The fourth-order valence-electron chi connectivity index (χ4n) is 2.18. The van der Waals surface area contributed by atoms with Crippen molar-refractivity contribution in [3.63, 3.8) is 0 Å². The Morgan fingerprint density at radius 2 is 2.29 bits per heavy atom. The predicted molar refractivity (Wildman–Crippen MR) is 68.6 cm³/mol. The lowest BCUT2D eigenvalue weighted by molar-refractivity contribution is 0.0891. The van der Waals surface area contributed by atoms with Crippen LogP contribution in [0.15, 0.2) is 6.07 Å². The van der Waals surface area contributed by atoms with E-state index in [0.717, 1.165) is 43.4 Å². The Kier molecular flexibility index (Phi) is 3.78. The lowest BCUT2D eigenvalue weighted by Crippen LogP contribution is -2.39. The molecular weight excluding hydrogens is 216 g/mol. The van der Waals surface area contributed by atoms with Crippen LogP contribution in [0.1, 0.15) is 18.7 Å². The van der Waals surface area contributed by atoms with E-state index in [0.29, 0.717) is 6.10 Å². The van der Waals surface area contributed by atoms with Gasteiger partial charge in [0.25, 0.3) is 0 Å². The Labute approximate surface area is 102 Å². The van der Waals surface area contributed by atoms with Crippen LogP contribution in [0.2, 0.25) is 0 Å². The third kappa shape index (κ3) is 2.85. The molecule has 0 spiro atoms. The molecule has 0 bridgehead atoms. The predicted octanol–water partition coefficient (Wildman–Crippen LogP) is 1.44. The van der Waals surface area contributed by atoms with Gasteiger partial charge in [0.1, 0.15) is 17.5 Å². The standard InChI is InChI=1S/C12H20N4O/c1-9-14-11(13-2)7-12(15-9)16-6-4-5-10(8-16)17-3/h7,10H,4-6,8H2,1-3H3,(H,13,14,15). The number of hydrogen-bond acceptors (Lipinski definition) is 5. The number of piperidine rings is 1. The molecule has 2 rings (SSSR count). The number of ether oxygens (including phenoxy) is 1. The second kappa shape index (κ2) is 5.31. The van der Waals surface area contributed by atoms with Crippen LogP contribution in [0.4, 0.5) is 11.6 Å². The van der Waals surface area contributed by atoms with Crippen molar-refractivity contribution < 1.29 is 4.74 Å². The maximum Gasteiger partial charge on any atom is 0.134 e. The molecule has 0 aliphatic carbocycles. The molecule has 2 heterocycles. The fraction of sp³-hybridized carbons (Fsp3) is 0.667. The van der Waals surface area contributed by atoms with Crippen LogP contribution in [0.3, 0.4) is 0 Å². The fourth-order valence-corrected chi connectivity index (χ4v) is 2.18. The zero-order valence-corrected chi connectivity index (χ0v) is 10.7. The molecule has 1 aromatic heterocycles. The zero-order chi connectivity index (χ0) is 12.3. The van der Waals surface area contributed by atoms with Gasteiger partial charge in [0, 0.05) is 33.3 Å². The van der Waals surface area contributed by atoms with Gasteiger partial charge in [-0.25, -0.2) is 9.97 Å². The second-order valence-corrected chi connectivity index (χ2v) is 4.35. The number of anilines is 2. The van der Waals surface area contributed by atoms with Crippen molar-refractivity contribution in [2.24, 2.45) is 0 Å². The van der Waals surface area contributed by atoms with Crippen LogP contribution >= 0.6 is 0 Å². The molecule has 0 amide bonds. The summed E-state index contributed by atoms with van der Waals surface area (Å²) in [6, 6.07) is 1.99. The zero-order valence-electron chi connectivity index (χ0n) is 10.7. The van der Waals surface area contributed by atoms with E-state index in [1.54, 1.807) is 7.11 Å². The summed E-state index contributed by atoms with van der Waals surface area (Å²) in [5.74, 6) is 2.65. The van der Waals surface area contributed by atoms with Crippen LogP contribution in [0.5, 0.6) is 0 Å². The monoisotopic (exact) mass is 236 g/mol. The number of aryl methyl sites for hydroxylation is 1. The van der Waals surface area contributed by atoms with Crippen molar-refractivity contribution in [1.82, 2.24) is 9.97 Å². The molecule has 0 radical (unpaired) electrons. The van der Waals surface area contributed by atoms with Crippen molar-refractivity contribution in [3.05, 3.63) is 11.9 Å². The topological polar surface area (TPSA) is 50.3 Å². The number of aromatic nitrogens is 2. The molecule has 94 valence electrons. The summed E-state index contributed by atoms with van der Waals surface area (Å²) in [4.78, 5) is 11.1. The Morgan fingerprint density at radius 1 is 1.47 bits per heavy atom.